The number of nitriles is 1. The zero-order chi connectivity index (χ0) is 27.0. The van der Waals surface area contributed by atoms with E-state index in [9.17, 15) is 23.3 Å². The topological polar surface area (TPSA) is 170 Å². The summed E-state index contributed by atoms with van der Waals surface area (Å²) in [5, 5.41) is 24.4. The normalized spacial score (nSPS) is 11.2. The van der Waals surface area contributed by atoms with Gasteiger partial charge in [-0.15, -0.1) is 0 Å². The molecule has 0 bridgehead atoms. The van der Waals surface area contributed by atoms with Crippen LogP contribution in [-0.2, 0) is 14.8 Å². The molecular weight excluding hydrogens is 522 g/mol. The fourth-order valence-electron chi connectivity index (χ4n) is 2.91. The lowest BCUT2D eigenvalue weighted by Crippen LogP contribution is -2.22. The number of benzene rings is 3. The van der Waals surface area contributed by atoms with Crippen molar-refractivity contribution < 1.29 is 27.9 Å². The van der Waals surface area contributed by atoms with Crippen LogP contribution in [0.1, 0.15) is 17.3 Å². The van der Waals surface area contributed by atoms with E-state index in [1.54, 1.807) is 18.2 Å². The molecule has 0 saturated heterocycles. The van der Waals surface area contributed by atoms with Gasteiger partial charge in [-0.3, -0.25) is 14.9 Å². The molecule has 0 aliphatic rings. The molecule has 0 saturated carbocycles. The van der Waals surface area contributed by atoms with Gasteiger partial charge < -0.3 is 15.2 Å². The summed E-state index contributed by atoms with van der Waals surface area (Å²) in [6, 6.07) is 17.2. The maximum Gasteiger partial charge on any atom is 0.335 e. The van der Waals surface area contributed by atoms with Gasteiger partial charge in [0.15, 0.2) is 0 Å². The van der Waals surface area contributed by atoms with Crippen molar-refractivity contribution in [2.45, 2.75) is 11.8 Å². The molecule has 0 aliphatic heterocycles. The molecule has 37 heavy (non-hydrogen) atoms. The number of nitrogens with one attached hydrogen (secondary N) is 3. The van der Waals surface area contributed by atoms with E-state index in [2.05, 4.69) is 20.6 Å². The maximum atomic E-state index is 12.9. The third kappa shape index (κ3) is 7.20. The largest absolute Gasteiger partial charge is 0.494 e. The van der Waals surface area contributed by atoms with Crippen molar-refractivity contribution in [1.29, 1.82) is 5.26 Å². The van der Waals surface area contributed by atoms with Gasteiger partial charge >= 0.3 is 5.97 Å². The average Bonchev–Trinajstić information content (AvgIpc) is 2.86. The van der Waals surface area contributed by atoms with E-state index in [1.807, 2.05) is 6.92 Å². The number of carboxylic acids is 1. The number of rotatable bonds is 10. The van der Waals surface area contributed by atoms with Gasteiger partial charge in [0, 0.05) is 11.4 Å². The van der Waals surface area contributed by atoms with E-state index in [-0.39, 0.29) is 32.5 Å². The number of carbonyl (C=O) groups excluding carboxylic acids is 1. The summed E-state index contributed by atoms with van der Waals surface area (Å²) in [5.74, 6) is -1.40. The average molecular weight is 542 g/mol. The number of carbonyl (C=O) groups is 2. The van der Waals surface area contributed by atoms with Crippen LogP contribution in [-0.4, -0.2) is 37.7 Å². The molecule has 0 atom stereocenters. The van der Waals surface area contributed by atoms with Crippen LogP contribution in [0.25, 0.3) is 0 Å². The van der Waals surface area contributed by atoms with Crippen molar-refractivity contribution in [3.8, 4) is 11.8 Å². The molecule has 4 N–H and O–H groups in total. The van der Waals surface area contributed by atoms with Gasteiger partial charge in [-0.2, -0.15) is 10.4 Å². The van der Waals surface area contributed by atoms with Crippen LogP contribution in [0.2, 0.25) is 5.02 Å². The Balaban J connectivity index is 1.74. The first-order valence-electron chi connectivity index (χ1n) is 10.6. The minimum atomic E-state index is -4.10. The van der Waals surface area contributed by atoms with E-state index in [1.165, 1.54) is 54.6 Å². The van der Waals surface area contributed by atoms with E-state index < -0.39 is 27.6 Å². The molecule has 0 aliphatic carbocycles. The number of hydrogen-bond donors (Lipinski definition) is 4. The van der Waals surface area contributed by atoms with Crippen LogP contribution in [0.5, 0.6) is 5.75 Å². The quantitative estimate of drug-likeness (QED) is 0.219. The lowest BCUT2D eigenvalue weighted by Gasteiger charge is -2.12. The van der Waals surface area contributed by atoms with Crippen LogP contribution >= 0.6 is 11.6 Å². The van der Waals surface area contributed by atoms with Gasteiger partial charge in [-0.25, -0.2) is 13.2 Å². The number of sulfonamides is 1. The summed E-state index contributed by atoms with van der Waals surface area (Å²) in [7, 11) is -4.10. The van der Waals surface area contributed by atoms with E-state index >= 15 is 0 Å². The first-order chi connectivity index (χ1) is 17.6. The highest BCUT2D eigenvalue weighted by Gasteiger charge is 2.19. The second-order valence-corrected chi connectivity index (χ2v) is 9.29. The van der Waals surface area contributed by atoms with E-state index in [0.29, 0.717) is 12.4 Å². The molecule has 3 aromatic carbocycles. The third-order valence-corrected chi connectivity index (χ3v) is 6.51. The number of hydrogen-bond acceptors (Lipinski definition) is 8. The molecule has 3 aromatic rings. The summed E-state index contributed by atoms with van der Waals surface area (Å²) < 4.78 is 33.6. The van der Waals surface area contributed by atoms with Crippen LogP contribution in [0.15, 0.2) is 76.7 Å². The maximum absolute atomic E-state index is 12.9. The molecule has 190 valence electrons. The molecular formula is C24H20ClN5O6S. The summed E-state index contributed by atoms with van der Waals surface area (Å²) in [4.78, 5) is 23.0. The fourth-order valence-corrected chi connectivity index (χ4v) is 4.49. The molecule has 0 unspecified atom stereocenters. The van der Waals surface area contributed by atoms with E-state index in [4.69, 9.17) is 21.4 Å². The van der Waals surface area contributed by atoms with Gasteiger partial charge in [0.05, 0.1) is 22.9 Å². The van der Waals surface area contributed by atoms with Crippen molar-refractivity contribution >= 4 is 56.3 Å². The van der Waals surface area contributed by atoms with Gasteiger partial charge in [-0.1, -0.05) is 11.6 Å². The second-order valence-electron chi connectivity index (χ2n) is 7.23. The Morgan fingerprint density at radius 2 is 1.65 bits per heavy atom. The number of amides is 1. The third-order valence-electron chi connectivity index (χ3n) is 4.65. The molecule has 0 spiro atoms. The number of carboxylic acid groups (broad SMARTS) is 1. The molecule has 0 heterocycles. The number of ether oxygens (including phenoxy) is 1. The van der Waals surface area contributed by atoms with Crippen LogP contribution < -0.4 is 20.2 Å². The Bertz CT molecular complexity index is 1480. The van der Waals surface area contributed by atoms with Gasteiger partial charge in [-0.05, 0) is 73.7 Å². The van der Waals surface area contributed by atoms with Crippen molar-refractivity contribution in [3.63, 3.8) is 0 Å². The number of aromatic carboxylic acids is 1. The van der Waals surface area contributed by atoms with Gasteiger partial charge in [0.2, 0.25) is 5.71 Å². The monoisotopic (exact) mass is 541 g/mol. The highest BCUT2D eigenvalue weighted by molar-refractivity contribution is 7.92. The molecule has 1 amide bonds. The predicted octanol–water partition coefficient (Wildman–Crippen LogP) is 4.17. The Morgan fingerprint density at radius 3 is 2.24 bits per heavy atom. The van der Waals surface area contributed by atoms with Crippen molar-refractivity contribution in [2.75, 3.05) is 22.1 Å². The molecule has 0 aromatic heterocycles. The standard InChI is InChI=1S/C24H20ClN5O6S/c1-2-36-19-10-7-17(8-11-19)30-37(34,35)22-13-18(9-12-20(22)25)28-29-21(14-26)23(31)27-16-5-3-15(4-6-16)24(32)33/h3-13,28,30H,2H2,1H3,(H,27,31)(H,32,33)/b29-21+. The van der Waals surface area contributed by atoms with Crippen LogP contribution in [0, 0.1) is 11.3 Å². The Kier molecular flexibility index (Phi) is 8.68. The zero-order valence-electron chi connectivity index (χ0n) is 19.2. The number of halogens is 1. The SMILES string of the molecule is CCOc1ccc(NS(=O)(=O)c2cc(N/N=C(\C#N)C(=O)Nc3ccc(C(=O)O)cc3)ccc2Cl)cc1. The number of anilines is 3. The molecule has 0 fully saturated rings. The summed E-state index contributed by atoms with van der Waals surface area (Å²) in [5.41, 5.74) is 2.61. The highest BCUT2D eigenvalue weighted by Crippen LogP contribution is 2.27. The first kappa shape index (κ1) is 27.0. The molecule has 13 heteroatoms. The highest BCUT2D eigenvalue weighted by atomic mass is 35.5. The smallest absolute Gasteiger partial charge is 0.335 e. The lowest BCUT2D eigenvalue weighted by molar-refractivity contribution is -0.110. The summed E-state index contributed by atoms with van der Waals surface area (Å²) in [6.45, 7) is 2.30. The van der Waals surface area contributed by atoms with Crippen LogP contribution in [0.4, 0.5) is 17.1 Å². The minimum absolute atomic E-state index is 0.0272. The predicted molar refractivity (Wildman–Crippen MR) is 139 cm³/mol. The zero-order valence-corrected chi connectivity index (χ0v) is 20.8. The molecule has 0 radical (unpaired) electrons. The second kappa shape index (κ2) is 11.9. The van der Waals surface area contributed by atoms with E-state index in [0.717, 1.165) is 0 Å². The first-order valence-corrected chi connectivity index (χ1v) is 12.4. The number of hydrazone groups is 1. The fraction of sp³-hybridized carbons (Fsp3) is 0.0833. The van der Waals surface area contributed by atoms with Crippen LogP contribution in [0.3, 0.4) is 0 Å². The Hall–Kier alpha value is -4.60. The van der Waals surface area contributed by atoms with Crippen molar-refractivity contribution in [3.05, 3.63) is 77.3 Å². The molecule has 3 rings (SSSR count). The van der Waals surface area contributed by atoms with Gasteiger partial charge in [0.25, 0.3) is 15.9 Å². The van der Waals surface area contributed by atoms with Gasteiger partial charge in [0.1, 0.15) is 16.7 Å². The number of nitrogens with zero attached hydrogens (tertiary/aromatic N) is 2. The Labute approximate surface area is 217 Å². The lowest BCUT2D eigenvalue weighted by atomic mass is 10.2. The molecule has 11 nitrogen and oxygen atoms in total. The summed E-state index contributed by atoms with van der Waals surface area (Å²) >= 11 is 6.12. The van der Waals surface area contributed by atoms with Crippen molar-refractivity contribution in [2.24, 2.45) is 5.10 Å². The minimum Gasteiger partial charge on any atom is -0.494 e. The Morgan fingerprint density at radius 1 is 1.03 bits per heavy atom. The summed E-state index contributed by atoms with van der Waals surface area (Å²) in [6.07, 6.45) is 0. The van der Waals surface area contributed by atoms with Crippen molar-refractivity contribution in [1.82, 2.24) is 0 Å².